The van der Waals surface area contributed by atoms with Gasteiger partial charge in [0.15, 0.2) is 0 Å². The van der Waals surface area contributed by atoms with Gasteiger partial charge < -0.3 is 9.84 Å². The van der Waals surface area contributed by atoms with E-state index >= 15 is 0 Å². The van der Waals surface area contributed by atoms with Gasteiger partial charge in [-0.25, -0.2) is 8.42 Å². The number of hydrogen-bond acceptors (Lipinski definition) is 5. The van der Waals surface area contributed by atoms with E-state index in [2.05, 4.69) is 0 Å². The number of ether oxygens (including phenoxy) is 1. The lowest BCUT2D eigenvalue weighted by Gasteiger charge is -2.33. The van der Waals surface area contributed by atoms with Crippen molar-refractivity contribution in [3.05, 3.63) is 24.3 Å². The first-order chi connectivity index (χ1) is 9.59. The number of nitrogens with zero attached hydrogens (tertiary/aromatic N) is 2. The molecule has 20 heavy (non-hydrogen) atoms. The molecule has 0 unspecified atom stereocenters. The molecule has 0 amide bonds. The van der Waals surface area contributed by atoms with E-state index in [1.54, 1.807) is 24.3 Å². The van der Waals surface area contributed by atoms with Crippen LogP contribution in [0.1, 0.15) is 0 Å². The molecule has 0 radical (unpaired) electrons. The number of aliphatic hydroxyl groups is 1. The van der Waals surface area contributed by atoms with Crippen LogP contribution >= 0.6 is 0 Å². The van der Waals surface area contributed by atoms with Crippen molar-refractivity contribution in [3.63, 3.8) is 0 Å². The Labute approximate surface area is 119 Å². The van der Waals surface area contributed by atoms with Crippen LogP contribution in [0.5, 0.6) is 5.75 Å². The lowest BCUT2D eigenvalue weighted by Crippen LogP contribution is -2.49. The Bertz CT molecular complexity index is 539. The number of piperazine rings is 1. The van der Waals surface area contributed by atoms with Crippen LogP contribution in [0, 0.1) is 0 Å². The Morgan fingerprint density at radius 2 is 1.85 bits per heavy atom. The molecule has 1 N–H and O–H groups in total. The second-order valence-corrected chi connectivity index (χ2v) is 6.53. The van der Waals surface area contributed by atoms with E-state index in [0.717, 1.165) is 0 Å². The van der Waals surface area contributed by atoms with E-state index in [4.69, 9.17) is 9.84 Å². The van der Waals surface area contributed by atoms with E-state index in [1.807, 2.05) is 4.90 Å². The molecule has 1 heterocycles. The fraction of sp³-hybridized carbons (Fsp3) is 0.538. The van der Waals surface area contributed by atoms with Crippen LogP contribution in [-0.2, 0) is 10.0 Å². The summed E-state index contributed by atoms with van der Waals surface area (Å²) in [6, 6.07) is 6.65. The first-order valence-electron chi connectivity index (χ1n) is 6.56. The van der Waals surface area contributed by atoms with E-state index in [9.17, 15) is 8.42 Å². The minimum atomic E-state index is -3.52. The van der Waals surface area contributed by atoms with Gasteiger partial charge in [-0.3, -0.25) is 4.90 Å². The summed E-state index contributed by atoms with van der Waals surface area (Å²) in [6.07, 6.45) is 0. The van der Waals surface area contributed by atoms with Gasteiger partial charge in [-0.05, 0) is 12.1 Å². The summed E-state index contributed by atoms with van der Waals surface area (Å²) in [6.45, 7) is 2.81. The molecule has 1 aromatic rings. The minimum absolute atomic E-state index is 0.0965. The maximum Gasteiger partial charge on any atom is 0.246 e. The van der Waals surface area contributed by atoms with E-state index in [1.165, 1.54) is 11.4 Å². The van der Waals surface area contributed by atoms with Crippen LogP contribution < -0.4 is 4.74 Å². The van der Waals surface area contributed by atoms with Crippen molar-refractivity contribution in [1.29, 1.82) is 0 Å². The maximum absolute atomic E-state index is 12.6. The molecule has 7 heteroatoms. The zero-order chi connectivity index (χ0) is 14.6. The van der Waals surface area contributed by atoms with Crippen LogP contribution in [-0.4, -0.2) is 69.2 Å². The summed E-state index contributed by atoms with van der Waals surface area (Å²) >= 11 is 0. The molecule has 112 valence electrons. The third-order valence-corrected chi connectivity index (χ3v) is 5.37. The van der Waals surface area contributed by atoms with Crippen LogP contribution in [0.4, 0.5) is 0 Å². The first-order valence-corrected chi connectivity index (χ1v) is 8.00. The van der Waals surface area contributed by atoms with Gasteiger partial charge in [0, 0.05) is 32.7 Å². The Morgan fingerprint density at radius 3 is 2.45 bits per heavy atom. The van der Waals surface area contributed by atoms with Crippen molar-refractivity contribution >= 4 is 10.0 Å². The molecular formula is C13H20N2O4S. The van der Waals surface area contributed by atoms with Gasteiger partial charge in [0.25, 0.3) is 0 Å². The van der Waals surface area contributed by atoms with Gasteiger partial charge in [-0.2, -0.15) is 4.31 Å². The molecule has 1 aromatic carbocycles. The van der Waals surface area contributed by atoms with Crippen LogP contribution in [0.3, 0.4) is 0 Å². The number of sulfonamides is 1. The number of aliphatic hydroxyl groups excluding tert-OH is 1. The van der Waals surface area contributed by atoms with E-state index in [-0.39, 0.29) is 11.5 Å². The van der Waals surface area contributed by atoms with Gasteiger partial charge in [-0.15, -0.1) is 0 Å². The average molecular weight is 300 g/mol. The predicted molar refractivity (Wildman–Crippen MR) is 75.3 cm³/mol. The van der Waals surface area contributed by atoms with Crippen molar-refractivity contribution in [2.24, 2.45) is 0 Å². The van der Waals surface area contributed by atoms with Crippen LogP contribution in [0.15, 0.2) is 29.2 Å². The standard InChI is InChI=1S/C13H20N2O4S/c1-19-12-4-2-3-5-13(12)20(17,18)15-8-6-14(7-9-15)10-11-16/h2-5,16H,6-11H2,1H3. The Morgan fingerprint density at radius 1 is 1.20 bits per heavy atom. The highest BCUT2D eigenvalue weighted by molar-refractivity contribution is 7.89. The normalized spacial score (nSPS) is 18.1. The molecule has 0 saturated carbocycles. The number of hydrogen-bond donors (Lipinski definition) is 1. The quantitative estimate of drug-likeness (QED) is 0.828. The molecule has 6 nitrogen and oxygen atoms in total. The lowest BCUT2D eigenvalue weighted by molar-refractivity contribution is 0.151. The average Bonchev–Trinajstić information content (AvgIpc) is 2.48. The highest BCUT2D eigenvalue weighted by Crippen LogP contribution is 2.26. The van der Waals surface area contributed by atoms with E-state index < -0.39 is 10.0 Å². The van der Waals surface area contributed by atoms with E-state index in [0.29, 0.717) is 38.5 Å². The second kappa shape index (κ2) is 6.53. The Balaban J connectivity index is 2.16. The molecule has 1 aliphatic rings. The van der Waals surface area contributed by atoms with Gasteiger partial charge in [0.2, 0.25) is 10.0 Å². The molecule has 1 aliphatic heterocycles. The minimum Gasteiger partial charge on any atom is -0.495 e. The van der Waals surface area contributed by atoms with Gasteiger partial charge in [0.05, 0.1) is 13.7 Å². The molecule has 2 rings (SSSR count). The number of methoxy groups -OCH3 is 1. The molecule has 0 bridgehead atoms. The first kappa shape index (κ1) is 15.2. The molecule has 1 fully saturated rings. The highest BCUT2D eigenvalue weighted by Gasteiger charge is 2.30. The fourth-order valence-electron chi connectivity index (χ4n) is 2.31. The summed E-state index contributed by atoms with van der Waals surface area (Å²) in [4.78, 5) is 2.26. The molecule has 1 saturated heterocycles. The van der Waals surface area contributed by atoms with Gasteiger partial charge in [0.1, 0.15) is 10.6 Å². The Hall–Kier alpha value is -1.15. The molecular weight excluding hydrogens is 280 g/mol. The highest BCUT2D eigenvalue weighted by atomic mass is 32.2. The second-order valence-electron chi connectivity index (χ2n) is 4.62. The van der Waals surface area contributed by atoms with Crippen molar-refractivity contribution in [2.75, 3.05) is 46.4 Å². The van der Waals surface area contributed by atoms with Crippen LogP contribution in [0.25, 0.3) is 0 Å². The lowest BCUT2D eigenvalue weighted by atomic mass is 10.3. The van der Waals surface area contributed by atoms with Crippen molar-refractivity contribution < 1.29 is 18.3 Å². The fourth-order valence-corrected chi connectivity index (χ4v) is 3.88. The third-order valence-electron chi connectivity index (χ3n) is 3.43. The molecule has 0 aliphatic carbocycles. The zero-order valence-corrected chi connectivity index (χ0v) is 12.3. The number of benzene rings is 1. The van der Waals surface area contributed by atoms with Gasteiger partial charge in [-0.1, -0.05) is 12.1 Å². The Kier molecular flexibility index (Phi) is 4.98. The summed E-state index contributed by atoms with van der Waals surface area (Å²) in [5.41, 5.74) is 0. The molecule has 0 aromatic heterocycles. The third kappa shape index (κ3) is 3.12. The predicted octanol–water partition coefficient (Wildman–Crippen LogP) is -0.00620. The monoisotopic (exact) mass is 300 g/mol. The number of β-amino-alcohol motifs (C(OH)–C–C–N with tert-alkyl or cyclic N) is 1. The topological polar surface area (TPSA) is 70.1 Å². The largest absolute Gasteiger partial charge is 0.495 e. The summed E-state index contributed by atoms with van der Waals surface area (Å²) < 4.78 is 31.8. The van der Waals surface area contributed by atoms with Crippen LogP contribution in [0.2, 0.25) is 0 Å². The summed E-state index contributed by atoms with van der Waals surface area (Å²) in [7, 11) is -2.06. The zero-order valence-electron chi connectivity index (χ0n) is 11.5. The molecule has 0 spiro atoms. The summed E-state index contributed by atoms with van der Waals surface area (Å²) in [5, 5.41) is 8.90. The SMILES string of the molecule is COc1ccccc1S(=O)(=O)N1CCN(CCO)CC1. The van der Waals surface area contributed by atoms with Gasteiger partial charge >= 0.3 is 0 Å². The number of para-hydroxylation sites is 1. The van der Waals surface area contributed by atoms with Crippen molar-refractivity contribution in [2.45, 2.75) is 4.90 Å². The number of rotatable bonds is 5. The van der Waals surface area contributed by atoms with Crippen molar-refractivity contribution in [1.82, 2.24) is 9.21 Å². The smallest absolute Gasteiger partial charge is 0.246 e. The summed E-state index contributed by atoms with van der Waals surface area (Å²) in [5.74, 6) is 0.366. The maximum atomic E-state index is 12.6. The van der Waals surface area contributed by atoms with Crippen molar-refractivity contribution in [3.8, 4) is 5.75 Å². The molecule has 0 atom stereocenters.